The first kappa shape index (κ1) is 20.0. The summed E-state index contributed by atoms with van der Waals surface area (Å²) in [5.41, 5.74) is 0.941. The Hall–Kier alpha value is -2.35. The Morgan fingerprint density at radius 3 is 2.46 bits per heavy atom. The van der Waals surface area contributed by atoms with Crippen molar-refractivity contribution in [1.82, 2.24) is 14.8 Å². The van der Waals surface area contributed by atoms with Crippen LogP contribution < -0.4 is 11.0 Å². The van der Waals surface area contributed by atoms with Gasteiger partial charge >= 0.3 is 5.69 Å². The average Bonchev–Trinajstić information content (AvgIpc) is 2.95. The van der Waals surface area contributed by atoms with Gasteiger partial charge in [0, 0.05) is 23.7 Å². The van der Waals surface area contributed by atoms with Crippen LogP contribution in [0.1, 0.15) is 44.5 Å². The number of amides is 1. The predicted octanol–water partition coefficient (Wildman–Crippen LogP) is 2.94. The van der Waals surface area contributed by atoms with Gasteiger partial charge in [-0.05, 0) is 37.6 Å². The number of aromatic amines is 1. The predicted molar refractivity (Wildman–Crippen MR) is 103 cm³/mol. The van der Waals surface area contributed by atoms with Gasteiger partial charge in [-0.2, -0.15) is 0 Å². The Morgan fingerprint density at radius 1 is 1.23 bits per heavy atom. The first-order valence-corrected chi connectivity index (χ1v) is 9.48. The zero-order chi connectivity index (χ0) is 19.3. The number of hydrogen-bond donors (Lipinski definition) is 2. The number of carbonyl (C=O) groups is 2. The Labute approximate surface area is 156 Å². The maximum Gasteiger partial charge on any atom is 0.343 e. The van der Waals surface area contributed by atoms with Crippen LogP contribution in [0.3, 0.4) is 0 Å². The third-order valence-electron chi connectivity index (χ3n) is 3.78. The summed E-state index contributed by atoms with van der Waals surface area (Å²) in [5.74, 6) is -0.238. The van der Waals surface area contributed by atoms with Crippen LogP contribution in [0.2, 0.25) is 0 Å². The molecule has 0 aliphatic heterocycles. The number of carbonyl (C=O) groups excluding carboxylic acids is 2. The van der Waals surface area contributed by atoms with Crippen LogP contribution in [0.15, 0.2) is 34.2 Å². The number of rotatable bonds is 8. The second kappa shape index (κ2) is 8.84. The molecule has 0 saturated heterocycles. The van der Waals surface area contributed by atoms with E-state index in [1.54, 1.807) is 35.8 Å². The third-order valence-corrected chi connectivity index (χ3v) is 4.87. The fourth-order valence-corrected chi connectivity index (χ4v) is 3.22. The van der Waals surface area contributed by atoms with Gasteiger partial charge < -0.3 is 5.32 Å². The molecular weight excluding hydrogens is 352 g/mol. The minimum atomic E-state index is -0.392. The molecule has 0 saturated carbocycles. The molecule has 2 N–H and O–H groups in total. The maximum absolute atomic E-state index is 12.6. The smallest absolute Gasteiger partial charge is 0.326 e. The van der Waals surface area contributed by atoms with Gasteiger partial charge in [-0.1, -0.05) is 32.5 Å². The standard InChI is InChI=1S/C18H24N4O3S/c1-5-10-22-17(25)20-21-18(22)26-12(4)15(23)13-6-8-14(9-7-13)19-16(24)11(2)3/h6-9,11-12H,5,10H2,1-4H3,(H,19,24)(H,20,25)/t12-/m1/s1. The zero-order valence-electron chi connectivity index (χ0n) is 15.4. The number of aromatic nitrogens is 3. The minimum absolute atomic E-state index is 0.0600. The van der Waals surface area contributed by atoms with Gasteiger partial charge in [-0.3, -0.25) is 14.2 Å². The Kier molecular flexibility index (Phi) is 6.79. The van der Waals surface area contributed by atoms with E-state index in [0.717, 1.165) is 6.42 Å². The van der Waals surface area contributed by atoms with Crippen LogP contribution in [0.4, 0.5) is 5.69 Å². The molecule has 1 aromatic carbocycles. The van der Waals surface area contributed by atoms with Gasteiger partial charge in [0.1, 0.15) is 0 Å². The molecule has 0 unspecified atom stereocenters. The summed E-state index contributed by atoms with van der Waals surface area (Å²) in [5, 5.41) is 9.34. The molecule has 0 aliphatic carbocycles. The molecule has 140 valence electrons. The summed E-state index contributed by atoms with van der Waals surface area (Å²) >= 11 is 1.25. The summed E-state index contributed by atoms with van der Waals surface area (Å²) in [7, 11) is 0. The summed E-state index contributed by atoms with van der Waals surface area (Å²) < 4.78 is 1.54. The lowest BCUT2D eigenvalue weighted by Crippen LogP contribution is -2.19. The topological polar surface area (TPSA) is 96.8 Å². The molecule has 0 bridgehead atoms. The van der Waals surface area contributed by atoms with E-state index in [1.165, 1.54) is 11.8 Å². The van der Waals surface area contributed by atoms with E-state index in [9.17, 15) is 14.4 Å². The lowest BCUT2D eigenvalue weighted by molar-refractivity contribution is -0.118. The number of nitrogens with zero attached hydrogens (tertiary/aromatic N) is 2. The minimum Gasteiger partial charge on any atom is -0.326 e. The zero-order valence-corrected chi connectivity index (χ0v) is 16.2. The fraction of sp³-hybridized carbons (Fsp3) is 0.444. The van der Waals surface area contributed by atoms with Crippen LogP contribution in [0, 0.1) is 5.92 Å². The molecule has 1 atom stereocenters. The Morgan fingerprint density at radius 2 is 1.88 bits per heavy atom. The molecule has 0 spiro atoms. The van der Waals surface area contributed by atoms with Crippen LogP contribution in [-0.4, -0.2) is 31.7 Å². The highest BCUT2D eigenvalue weighted by molar-refractivity contribution is 8.00. The van der Waals surface area contributed by atoms with E-state index in [2.05, 4.69) is 15.5 Å². The third kappa shape index (κ3) is 4.85. The van der Waals surface area contributed by atoms with Crippen LogP contribution in [-0.2, 0) is 11.3 Å². The lowest BCUT2D eigenvalue weighted by Gasteiger charge is -2.11. The molecule has 8 heteroatoms. The highest BCUT2D eigenvalue weighted by Crippen LogP contribution is 2.24. The second-order valence-corrected chi connectivity index (χ2v) is 7.62. The van der Waals surface area contributed by atoms with Crippen LogP contribution in [0.5, 0.6) is 0 Å². The van der Waals surface area contributed by atoms with Crippen molar-refractivity contribution in [2.24, 2.45) is 5.92 Å². The molecule has 0 aliphatic rings. The first-order chi connectivity index (χ1) is 12.3. The quantitative estimate of drug-likeness (QED) is 0.545. The molecule has 0 fully saturated rings. The van der Waals surface area contributed by atoms with Crippen LogP contribution in [0.25, 0.3) is 0 Å². The second-order valence-electron chi connectivity index (χ2n) is 6.31. The van der Waals surface area contributed by atoms with Crippen molar-refractivity contribution < 1.29 is 9.59 Å². The molecule has 1 heterocycles. The van der Waals surface area contributed by atoms with Gasteiger partial charge in [0.25, 0.3) is 0 Å². The highest BCUT2D eigenvalue weighted by Gasteiger charge is 2.20. The molecule has 26 heavy (non-hydrogen) atoms. The highest BCUT2D eigenvalue weighted by atomic mass is 32.2. The molecule has 2 aromatic rings. The van der Waals surface area contributed by atoms with Crippen molar-refractivity contribution in [1.29, 1.82) is 0 Å². The number of benzene rings is 1. The molecule has 2 rings (SSSR count). The van der Waals surface area contributed by atoms with E-state index in [1.807, 2.05) is 20.8 Å². The van der Waals surface area contributed by atoms with Crippen molar-refractivity contribution in [3.05, 3.63) is 40.3 Å². The monoisotopic (exact) mass is 376 g/mol. The van der Waals surface area contributed by atoms with Gasteiger partial charge in [0.05, 0.1) is 5.25 Å². The number of hydrogen-bond acceptors (Lipinski definition) is 5. The normalized spacial score (nSPS) is 12.2. The largest absolute Gasteiger partial charge is 0.343 e. The summed E-state index contributed by atoms with van der Waals surface area (Å²) in [4.78, 5) is 36.1. The van der Waals surface area contributed by atoms with E-state index >= 15 is 0 Å². The number of Topliss-reactive ketones (excluding diaryl/α,β-unsaturated/α-hetero) is 1. The molecule has 7 nitrogen and oxygen atoms in total. The van der Waals surface area contributed by atoms with Gasteiger partial charge in [-0.25, -0.2) is 9.89 Å². The van der Waals surface area contributed by atoms with Crippen molar-refractivity contribution in [2.75, 3.05) is 5.32 Å². The van der Waals surface area contributed by atoms with Crippen LogP contribution >= 0.6 is 11.8 Å². The van der Waals surface area contributed by atoms with Crippen molar-refractivity contribution in [3.63, 3.8) is 0 Å². The molecule has 0 radical (unpaired) electrons. The SMILES string of the molecule is CCCn1c(S[C@H](C)C(=O)c2ccc(NC(=O)C(C)C)cc2)n[nH]c1=O. The van der Waals surface area contributed by atoms with E-state index in [0.29, 0.717) is 23.0 Å². The van der Waals surface area contributed by atoms with Crippen molar-refractivity contribution in [3.8, 4) is 0 Å². The van der Waals surface area contributed by atoms with E-state index in [-0.39, 0.29) is 23.3 Å². The first-order valence-electron chi connectivity index (χ1n) is 8.60. The maximum atomic E-state index is 12.6. The summed E-state index contributed by atoms with van der Waals surface area (Å²) in [6.45, 7) is 7.96. The van der Waals surface area contributed by atoms with Gasteiger partial charge in [0.2, 0.25) is 5.91 Å². The molecule has 1 amide bonds. The Balaban J connectivity index is 2.06. The number of H-pyrrole nitrogens is 1. The van der Waals surface area contributed by atoms with E-state index < -0.39 is 5.25 Å². The number of thioether (sulfide) groups is 1. The van der Waals surface area contributed by atoms with E-state index in [4.69, 9.17) is 0 Å². The lowest BCUT2D eigenvalue weighted by atomic mass is 10.1. The number of nitrogens with one attached hydrogen (secondary N) is 2. The summed E-state index contributed by atoms with van der Waals surface area (Å²) in [6, 6.07) is 6.82. The van der Waals surface area contributed by atoms with Crippen molar-refractivity contribution in [2.45, 2.75) is 51.1 Å². The number of ketones is 1. The Bertz CT molecular complexity index is 824. The molecular formula is C18H24N4O3S. The number of anilines is 1. The fourth-order valence-electron chi connectivity index (χ4n) is 2.26. The summed E-state index contributed by atoms with van der Waals surface area (Å²) in [6.07, 6.45) is 0.804. The average molecular weight is 376 g/mol. The van der Waals surface area contributed by atoms with Gasteiger partial charge in [-0.15, -0.1) is 5.10 Å². The van der Waals surface area contributed by atoms with Gasteiger partial charge in [0.15, 0.2) is 10.9 Å². The van der Waals surface area contributed by atoms with Crippen molar-refractivity contribution >= 4 is 29.1 Å². The molecule has 1 aromatic heterocycles.